The fourth-order valence-electron chi connectivity index (χ4n) is 0. The van der Waals surface area contributed by atoms with Crippen LogP contribution in [0.4, 0.5) is 0 Å². The molecule has 0 bridgehead atoms. The van der Waals surface area contributed by atoms with Crippen LogP contribution in [0.1, 0.15) is 2.85 Å². The zero-order valence-electron chi connectivity index (χ0n) is 7.99. The predicted octanol–water partition coefficient (Wildman–Crippen LogP) is -6.29. The Hall–Kier alpha value is 2.61. The second-order valence-electron chi connectivity index (χ2n) is 1.20. The Kier molecular flexibility index (Phi) is 20.3. The molecule has 8 N–H and O–H groups in total. The van der Waals surface area contributed by atoms with E-state index < -0.39 is 18.1 Å². The molecule has 0 saturated heterocycles. The van der Waals surface area contributed by atoms with Crippen LogP contribution in [-0.4, -0.2) is 133 Å². The quantitative estimate of drug-likeness (QED) is 0.141. The van der Waals surface area contributed by atoms with Crippen LogP contribution in [0.5, 0.6) is 0 Å². The first-order valence-corrected chi connectivity index (χ1v) is 5.37. The maximum atomic E-state index is 7.33. The molecule has 0 unspecified atom stereocenters. The minimum atomic E-state index is -4.61. The van der Waals surface area contributed by atoms with Gasteiger partial charge in [-0.1, -0.05) is 0 Å². The Morgan fingerprint density at radius 1 is 0.583 bits per heavy atom. The van der Waals surface area contributed by atoms with Crippen molar-refractivity contribution in [3.05, 3.63) is 0 Å². The van der Waals surface area contributed by atoms with E-state index in [9.17, 15) is 0 Å². The van der Waals surface area contributed by atoms with Gasteiger partial charge in [0.2, 0.25) is 0 Å². The molecule has 0 atom stereocenters. The van der Waals surface area contributed by atoms with Crippen molar-refractivity contribution in [3.8, 4) is 0 Å². The van der Waals surface area contributed by atoms with E-state index in [0.717, 1.165) is 0 Å². The van der Waals surface area contributed by atoms with Crippen LogP contribution in [-0.2, 0) is 0 Å². The Balaban J connectivity index is -0.0000000178. The van der Waals surface area contributed by atoms with E-state index in [-0.39, 0.29) is 79.0 Å². The molecule has 2 radical (unpaired) electrons. The second kappa shape index (κ2) is 10.1. The van der Waals surface area contributed by atoms with Crippen molar-refractivity contribution in [1.29, 1.82) is 0 Å². The molecule has 0 aliphatic rings. The third-order valence-electron chi connectivity index (χ3n) is 0. The summed E-state index contributed by atoms with van der Waals surface area (Å²) >= 11 is 0. The Labute approximate surface area is 133 Å². The summed E-state index contributed by atoms with van der Waals surface area (Å²) < 4.78 is 0. The molecular weight excluding hydrogens is 529 g/mol. The van der Waals surface area contributed by atoms with Crippen molar-refractivity contribution in [3.63, 3.8) is 0 Å². The summed E-state index contributed by atoms with van der Waals surface area (Å²) in [5.41, 5.74) is 0. The van der Waals surface area contributed by atoms with Crippen LogP contribution >= 0.6 is 0 Å². The van der Waals surface area contributed by atoms with Crippen LogP contribution in [0.15, 0.2) is 0 Å². The first-order chi connectivity index (χ1) is 4.00. The van der Waals surface area contributed by atoms with E-state index in [1.165, 1.54) is 0 Å². The van der Waals surface area contributed by atoms with E-state index in [1.54, 1.807) is 0 Å². The summed E-state index contributed by atoms with van der Waals surface area (Å²) in [5.74, 6) is 0. The zero-order chi connectivity index (χ0) is 9.00. The monoisotopic (exact) mass is 542 g/mol. The minimum absolute atomic E-state index is 0. The van der Waals surface area contributed by atoms with Gasteiger partial charge in [0.1, 0.15) is 0 Å². The average Bonchev–Trinajstić information content (AvgIpc) is 1.12. The molecular formula is H12BaO8PbSi2. The molecule has 0 heterocycles. The van der Waals surface area contributed by atoms with Gasteiger partial charge in [-0.25, -0.2) is 0 Å². The van der Waals surface area contributed by atoms with Gasteiger partial charge in [0, 0.05) is 0 Å². The molecule has 0 aromatic rings. The van der Waals surface area contributed by atoms with Crippen molar-refractivity contribution in [2.75, 3.05) is 0 Å². The Morgan fingerprint density at radius 2 is 0.583 bits per heavy atom. The normalized spacial score (nSPS) is 10.0. The van der Waals surface area contributed by atoms with Gasteiger partial charge in [-0.15, -0.1) is 0 Å². The fraction of sp³-hybridized carbons (Fsp3) is 0. The number of hydrogen-bond donors (Lipinski definition) is 8. The topological polar surface area (TPSA) is 162 Å². The molecule has 12 heavy (non-hydrogen) atoms. The van der Waals surface area contributed by atoms with Crippen molar-refractivity contribution in [2.45, 2.75) is 0 Å². The summed E-state index contributed by atoms with van der Waals surface area (Å²) in [5, 5.41) is 0. The van der Waals surface area contributed by atoms with E-state index in [0.29, 0.717) is 0 Å². The van der Waals surface area contributed by atoms with Gasteiger partial charge in [-0.2, -0.15) is 0 Å². The van der Waals surface area contributed by atoms with Crippen molar-refractivity contribution in [1.82, 2.24) is 0 Å². The fourth-order valence-corrected chi connectivity index (χ4v) is 0. The van der Waals surface area contributed by atoms with E-state index in [1.807, 2.05) is 0 Å². The summed E-state index contributed by atoms with van der Waals surface area (Å²) in [7, 11) is -9.22. The second-order valence-corrected chi connectivity index (χ2v) is 3.60. The molecule has 12 heteroatoms. The van der Waals surface area contributed by atoms with Crippen LogP contribution in [0.3, 0.4) is 0 Å². The first kappa shape index (κ1) is 24.0. The van der Waals surface area contributed by atoms with Crippen molar-refractivity contribution in [2.24, 2.45) is 0 Å². The van der Waals surface area contributed by atoms with Crippen molar-refractivity contribution < 1.29 is 41.2 Å². The van der Waals surface area contributed by atoms with Gasteiger partial charge in [0.15, 0.2) is 0 Å². The zero-order valence-corrected chi connectivity index (χ0v) is 17.9. The molecule has 0 rings (SSSR count). The molecule has 0 spiro atoms. The number of rotatable bonds is 0. The molecule has 0 fully saturated rings. The Bertz CT molecular complexity index is 68.3. The summed E-state index contributed by atoms with van der Waals surface area (Å²) in [6.45, 7) is 0. The van der Waals surface area contributed by atoms with Crippen LogP contribution < -0.4 is 0 Å². The SMILES string of the molecule is O[Si](O)(O)O.O[Si](O)(O)O.[Ba+2].[H-].[H-].[PbH2]. The third-order valence-corrected chi connectivity index (χ3v) is 0. The Morgan fingerprint density at radius 3 is 0.583 bits per heavy atom. The number of hydrogen-bond acceptors (Lipinski definition) is 8. The van der Waals surface area contributed by atoms with Crippen LogP contribution in [0.25, 0.3) is 0 Å². The molecule has 0 amide bonds. The van der Waals surface area contributed by atoms with Gasteiger partial charge in [0.05, 0.1) is 0 Å². The molecule has 0 aromatic heterocycles. The summed E-state index contributed by atoms with van der Waals surface area (Å²) in [6.07, 6.45) is 0. The van der Waals surface area contributed by atoms with E-state index in [4.69, 9.17) is 38.4 Å². The van der Waals surface area contributed by atoms with Crippen LogP contribution in [0, 0.1) is 0 Å². The van der Waals surface area contributed by atoms with Gasteiger partial charge in [0.25, 0.3) is 0 Å². The van der Waals surface area contributed by atoms with E-state index >= 15 is 0 Å². The molecule has 0 aliphatic carbocycles. The summed E-state index contributed by atoms with van der Waals surface area (Å²) in [4.78, 5) is 58.6. The predicted molar refractivity (Wildman–Crippen MR) is 45.8 cm³/mol. The van der Waals surface area contributed by atoms with Gasteiger partial charge in [-0.3, -0.25) is 0 Å². The molecule has 0 aliphatic heterocycles. The molecule has 0 saturated carbocycles. The average molecular weight is 541 g/mol. The molecule has 0 aromatic carbocycles. The van der Waals surface area contributed by atoms with Crippen molar-refractivity contribution >= 4 is 94.3 Å². The molecule has 74 valence electrons. The standard InChI is InChI=1S/Ba.2H4O4Si.Pb.4H/c;2*1-5(2,3)4;;;;;/h;2*1-4H;;;;;/q+2;;;;;;2*-1. The first-order valence-electron chi connectivity index (χ1n) is 1.79. The van der Waals surface area contributed by atoms with Gasteiger partial charge < -0.3 is 41.2 Å². The maximum absolute atomic E-state index is 7.33. The third kappa shape index (κ3) is 250. The summed E-state index contributed by atoms with van der Waals surface area (Å²) in [6, 6.07) is 0. The van der Waals surface area contributed by atoms with Crippen LogP contribution in [0.2, 0.25) is 0 Å². The molecule has 8 nitrogen and oxygen atoms in total. The van der Waals surface area contributed by atoms with E-state index in [2.05, 4.69) is 0 Å². The van der Waals surface area contributed by atoms with Gasteiger partial charge in [-0.05, 0) is 0 Å². The van der Waals surface area contributed by atoms with Gasteiger partial charge >= 0.3 is 94.3 Å².